The summed E-state index contributed by atoms with van der Waals surface area (Å²) in [5.41, 5.74) is 0.422. The normalized spacial score (nSPS) is 40.8. The van der Waals surface area contributed by atoms with E-state index in [0.717, 1.165) is 32.1 Å². The highest BCUT2D eigenvalue weighted by molar-refractivity contribution is 5.27. The van der Waals surface area contributed by atoms with Crippen molar-refractivity contribution in [1.82, 2.24) is 0 Å². The maximum absolute atomic E-state index is 10.9. The van der Waals surface area contributed by atoms with E-state index in [1.807, 2.05) is 0 Å². The van der Waals surface area contributed by atoms with Crippen molar-refractivity contribution in [3.63, 3.8) is 0 Å². The van der Waals surface area contributed by atoms with Gasteiger partial charge in [0.05, 0.1) is 11.7 Å². The van der Waals surface area contributed by atoms with E-state index in [2.05, 4.69) is 13.0 Å². The number of aliphatic hydroxyl groups is 1. The second-order valence-electron chi connectivity index (χ2n) is 6.27. The van der Waals surface area contributed by atoms with Crippen molar-refractivity contribution >= 4 is 0 Å². The van der Waals surface area contributed by atoms with Gasteiger partial charge >= 0.3 is 0 Å². The van der Waals surface area contributed by atoms with E-state index in [0.29, 0.717) is 6.10 Å². The SMILES string of the molecule is C[C@@]1(C2(O)CCCCC2)C=C2CCCC[C@H]2O1. The fraction of sp³-hybridized carbons (Fsp3) is 0.867. The molecule has 3 rings (SSSR count). The van der Waals surface area contributed by atoms with Crippen molar-refractivity contribution in [2.45, 2.75) is 82.0 Å². The molecule has 0 unspecified atom stereocenters. The molecular formula is C15H24O2. The lowest BCUT2D eigenvalue weighted by atomic mass is 9.73. The minimum absolute atomic E-state index is 0.305. The van der Waals surface area contributed by atoms with Crippen molar-refractivity contribution in [1.29, 1.82) is 0 Å². The predicted octanol–water partition coefficient (Wildman–Crippen LogP) is 3.34. The number of ether oxygens (including phenoxy) is 1. The molecule has 0 saturated heterocycles. The van der Waals surface area contributed by atoms with Crippen molar-refractivity contribution < 1.29 is 9.84 Å². The van der Waals surface area contributed by atoms with Crippen LogP contribution in [0.5, 0.6) is 0 Å². The Hall–Kier alpha value is -0.340. The van der Waals surface area contributed by atoms with Gasteiger partial charge in [-0.15, -0.1) is 0 Å². The number of fused-ring (bicyclic) bond motifs is 1. The van der Waals surface area contributed by atoms with E-state index in [1.54, 1.807) is 0 Å². The Morgan fingerprint density at radius 1 is 1.18 bits per heavy atom. The summed E-state index contributed by atoms with van der Waals surface area (Å²) in [5, 5.41) is 10.9. The number of hydrogen-bond donors (Lipinski definition) is 1. The zero-order valence-corrected chi connectivity index (χ0v) is 10.9. The maximum atomic E-state index is 10.9. The molecule has 0 radical (unpaired) electrons. The first-order valence-electron chi connectivity index (χ1n) is 7.25. The summed E-state index contributed by atoms with van der Waals surface area (Å²) in [6.07, 6.45) is 12.8. The van der Waals surface area contributed by atoms with Gasteiger partial charge in [0.25, 0.3) is 0 Å². The van der Waals surface area contributed by atoms with E-state index in [1.165, 1.54) is 31.3 Å². The van der Waals surface area contributed by atoms with Gasteiger partial charge in [-0.25, -0.2) is 0 Å². The molecule has 96 valence electrons. The molecule has 1 N–H and O–H groups in total. The quantitative estimate of drug-likeness (QED) is 0.708. The second kappa shape index (κ2) is 4.10. The highest BCUT2D eigenvalue weighted by Crippen LogP contribution is 2.47. The first-order chi connectivity index (χ1) is 8.13. The van der Waals surface area contributed by atoms with Crippen molar-refractivity contribution in [3.8, 4) is 0 Å². The molecule has 0 aromatic heterocycles. The summed E-state index contributed by atoms with van der Waals surface area (Å²) in [4.78, 5) is 0. The summed E-state index contributed by atoms with van der Waals surface area (Å²) in [6.45, 7) is 2.10. The molecule has 1 heterocycles. The van der Waals surface area contributed by atoms with E-state index in [-0.39, 0.29) is 0 Å². The lowest BCUT2D eigenvalue weighted by Crippen LogP contribution is -2.53. The third kappa shape index (κ3) is 1.86. The number of rotatable bonds is 1. The van der Waals surface area contributed by atoms with Gasteiger partial charge in [0.2, 0.25) is 0 Å². The largest absolute Gasteiger partial charge is 0.387 e. The van der Waals surface area contributed by atoms with Crippen molar-refractivity contribution in [2.24, 2.45) is 0 Å². The highest BCUT2D eigenvalue weighted by Gasteiger charge is 2.51. The smallest absolute Gasteiger partial charge is 0.113 e. The Kier molecular flexibility index (Phi) is 2.83. The Morgan fingerprint density at radius 3 is 2.65 bits per heavy atom. The average Bonchev–Trinajstić information content (AvgIpc) is 2.68. The van der Waals surface area contributed by atoms with Crippen LogP contribution in [0.1, 0.15) is 64.7 Å². The van der Waals surface area contributed by atoms with Gasteiger partial charge in [-0.3, -0.25) is 0 Å². The van der Waals surface area contributed by atoms with Crippen LogP contribution in [0.2, 0.25) is 0 Å². The van der Waals surface area contributed by atoms with Gasteiger partial charge in [-0.1, -0.05) is 25.7 Å². The third-order valence-corrected chi connectivity index (χ3v) is 5.05. The molecule has 0 amide bonds. The molecule has 0 bridgehead atoms. The summed E-state index contributed by atoms with van der Waals surface area (Å²) < 4.78 is 6.25. The summed E-state index contributed by atoms with van der Waals surface area (Å²) in [5.74, 6) is 0. The van der Waals surface area contributed by atoms with Gasteiger partial charge in [0, 0.05) is 0 Å². The molecule has 2 atom stereocenters. The lowest BCUT2D eigenvalue weighted by Gasteiger charge is -2.44. The Balaban J connectivity index is 1.84. The highest BCUT2D eigenvalue weighted by atomic mass is 16.5. The standard InChI is InChI=1S/C15H24O2/c1-14(15(16)9-5-2-6-10-15)11-12-7-3-4-8-13(12)17-14/h11,13,16H,2-10H2,1H3/t13-,14+/m1/s1. The first kappa shape index (κ1) is 11.7. The van der Waals surface area contributed by atoms with E-state index >= 15 is 0 Å². The van der Waals surface area contributed by atoms with Crippen LogP contribution in [-0.2, 0) is 4.74 Å². The number of hydrogen-bond acceptors (Lipinski definition) is 2. The summed E-state index contributed by atoms with van der Waals surface area (Å²) >= 11 is 0. The molecule has 2 aliphatic carbocycles. The van der Waals surface area contributed by atoms with E-state index in [4.69, 9.17) is 4.74 Å². The van der Waals surface area contributed by atoms with E-state index < -0.39 is 11.2 Å². The first-order valence-corrected chi connectivity index (χ1v) is 7.25. The molecular weight excluding hydrogens is 212 g/mol. The Labute approximate surface area is 104 Å². The minimum atomic E-state index is -0.615. The predicted molar refractivity (Wildman–Crippen MR) is 67.9 cm³/mol. The minimum Gasteiger partial charge on any atom is -0.387 e. The van der Waals surface area contributed by atoms with Gasteiger partial charge in [0.15, 0.2) is 0 Å². The molecule has 1 aliphatic heterocycles. The lowest BCUT2D eigenvalue weighted by molar-refractivity contribution is -0.169. The van der Waals surface area contributed by atoms with Crippen LogP contribution in [0.15, 0.2) is 11.6 Å². The van der Waals surface area contributed by atoms with Gasteiger partial charge in [-0.05, 0) is 50.7 Å². The molecule has 2 saturated carbocycles. The fourth-order valence-corrected chi connectivity index (χ4v) is 3.87. The Morgan fingerprint density at radius 2 is 1.94 bits per heavy atom. The third-order valence-electron chi connectivity index (χ3n) is 5.05. The zero-order valence-electron chi connectivity index (χ0n) is 10.9. The molecule has 3 aliphatic rings. The summed E-state index contributed by atoms with van der Waals surface area (Å²) in [7, 11) is 0. The molecule has 2 nitrogen and oxygen atoms in total. The zero-order chi connectivity index (χ0) is 11.9. The second-order valence-corrected chi connectivity index (χ2v) is 6.27. The molecule has 2 fully saturated rings. The molecule has 0 spiro atoms. The fourth-order valence-electron chi connectivity index (χ4n) is 3.87. The molecule has 2 heteroatoms. The van der Waals surface area contributed by atoms with Crippen LogP contribution in [0.3, 0.4) is 0 Å². The van der Waals surface area contributed by atoms with Gasteiger partial charge in [0.1, 0.15) is 5.60 Å². The summed E-state index contributed by atoms with van der Waals surface area (Å²) in [6, 6.07) is 0. The van der Waals surface area contributed by atoms with Crippen LogP contribution in [0.4, 0.5) is 0 Å². The molecule has 0 aromatic rings. The van der Waals surface area contributed by atoms with Gasteiger partial charge < -0.3 is 9.84 Å². The average molecular weight is 236 g/mol. The maximum Gasteiger partial charge on any atom is 0.113 e. The van der Waals surface area contributed by atoms with Crippen LogP contribution in [-0.4, -0.2) is 22.4 Å². The monoisotopic (exact) mass is 236 g/mol. The van der Waals surface area contributed by atoms with E-state index in [9.17, 15) is 5.11 Å². The van der Waals surface area contributed by atoms with Crippen LogP contribution >= 0.6 is 0 Å². The van der Waals surface area contributed by atoms with Crippen molar-refractivity contribution in [3.05, 3.63) is 11.6 Å². The topological polar surface area (TPSA) is 29.5 Å². The van der Waals surface area contributed by atoms with Crippen LogP contribution in [0, 0.1) is 0 Å². The van der Waals surface area contributed by atoms with Gasteiger partial charge in [-0.2, -0.15) is 0 Å². The van der Waals surface area contributed by atoms with Crippen molar-refractivity contribution in [2.75, 3.05) is 0 Å². The van der Waals surface area contributed by atoms with Crippen LogP contribution < -0.4 is 0 Å². The Bertz CT molecular complexity index is 328. The van der Waals surface area contributed by atoms with Crippen LogP contribution in [0.25, 0.3) is 0 Å². The molecule has 0 aromatic carbocycles. The molecule has 17 heavy (non-hydrogen) atoms.